The molecule has 5 heteroatoms. The van der Waals surface area contributed by atoms with Gasteiger partial charge in [-0.25, -0.2) is 17.6 Å². The third-order valence-electron chi connectivity index (χ3n) is 1.51. The van der Waals surface area contributed by atoms with Crippen molar-refractivity contribution in [3.05, 3.63) is 29.8 Å². The molecule has 78 valence electrons. The van der Waals surface area contributed by atoms with Crippen molar-refractivity contribution in [3.8, 4) is 5.75 Å². The quantitative estimate of drug-likeness (QED) is 0.690. The smallest absolute Gasteiger partial charge is 0.272 e. The molecule has 0 heterocycles. The average Bonchev–Trinajstić information content (AvgIpc) is 2.15. The van der Waals surface area contributed by atoms with Crippen LogP contribution in [-0.2, 0) is 0 Å². The number of benzene rings is 1. The monoisotopic (exact) mass is 208 g/mol. The lowest BCUT2D eigenvalue weighted by atomic mass is 10.2. The van der Waals surface area contributed by atoms with Crippen LogP contribution >= 0.6 is 0 Å². The zero-order valence-electron chi connectivity index (χ0n) is 7.09. The van der Waals surface area contributed by atoms with Gasteiger partial charge < -0.3 is 4.74 Å². The molecule has 14 heavy (non-hydrogen) atoms. The van der Waals surface area contributed by atoms with E-state index in [1.807, 2.05) is 0 Å². The van der Waals surface area contributed by atoms with E-state index in [4.69, 9.17) is 0 Å². The highest BCUT2D eigenvalue weighted by atomic mass is 19.3. The normalized spacial score (nSPS) is 11.0. The van der Waals surface area contributed by atoms with E-state index in [2.05, 4.69) is 4.74 Å². The summed E-state index contributed by atoms with van der Waals surface area (Å²) >= 11 is 0. The highest BCUT2D eigenvalue weighted by molar-refractivity contribution is 5.27. The number of ether oxygens (including phenoxy) is 1. The van der Waals surface area contributed by atoms with Crippen LogP contribution in [0.2, 0.25) is 0 Å². The molecule has 0 saturated heterocycles. The van der Waals surface area contributed by atoms with Gasteiger partial charge in [-0.3, -0.25) is 0 Å². The maximum absolute atomic E-state index is 12.1. The van der Waals surface area contributed by atoms with Gasteiger partial charge in [0.2, 0.25) is 0 Å². The Morgan fingerprint density at radius 2 is 1.57 bits per heavy atom. The second-order valence-corrected chi connectivity index (χ2v) is 2.57. The molecule has 0 spiro atoms. The van der Waals surface area contributed by atoms with E-state index in [0.717, 1.165) is 12.1 Å². The molecular formula is C9H8F4O. The van der Waals surface area contributed by atoms with E-state index in [1.165, 1.54) is 12.1 Å². The van der Waals surface area contributed by atoms with Gasteiger partial charge in [0.15, 0.2) is 0 Å². The molecule has 0 unspecified atom stereocenters. The molecule has 0 N–H and O–H groups in total. The van der Waals surface area contributed by atoms with Crippen LogP contribution in [0.4, 0.5) is 17.6 Å². The predicted molar refractivity (Wildman–Crippen MR) is 42.9 cm³/mol. The SMILES string of the molecule is FC(F)COc1ccc(C(F)F)cc1. The van der Waals surface area contributed by atoms with Crippen LogP contribution in [0.15, 0.2) is 24.3 Å². The van der Waals surface area contributed by atoms with Crippen molar-refractivity contribution in [2.75, 3.05) is 6.61 Å². The summed E-state index contributed by atoms with van der Waals surface area (Å²) < 4.78 is 52.1. The molecule has 1 nitrogen and oxygen atoms in total. The molecule has 0 saturated carbocycles. The summed E-state index contributed by atoms with van der Waals surface area (Å²) in [6.07, 6.45) is -5.12. The third-order valence-corrected chi connectivity index (χ3v) is 1.51. The van der Waals surface area contributed by atoms with Gasteiger partial charge in [-0.2, -0.15) is 0 Å². The summed E-state index contributed by atoms with van der Waals surface area (Å²) in [5, 5.41) is 0. The van der Waals surface area contributed by atoms with Crippen LogP contribution in [0.5, 0.6) is 5.75 Å². The summed E-state index contributed by atoms with van der Waals surface area (Å²) in [5.74, 6) is 0.162. The molecule has 1 aromatic carbocycles. The Balaban J connectivity index is 2.55. The lowest BCUT2D eigenvalue weighted by Crippen LogP contribution is -2.06. The van der Waals surface area contributed by atoms with Crippen molar-refractivity contribution in [2.45, 2.75) is 12.9 Å². The second kappa shape index (κ2) is 4.83. The maximum Gasteiger partial charge on any atom is 0.272 e. The van der Waals surface area contributed by atoms with Gasteiger partial charge in [-0.1, -0.05) is 0 Å². The van der Waals surface area contributed by atoms with Gasteiger partial charge in [0.1, 0.15) is 12.4 Å². The Labute approximate surface area is 78.3 Å². The minimum atomic E-state index is -2.57. The summed E-state index contributed by atoms with van der Waals surface area (Å²) in [4.78, 5) is 0. The molecule has 1 rings (SSSR count). The van der Waals surface area contributed by atoms with E-state index in [-0.39, 0.29) is 11.3 Å². The minimum absolute atomic E-state index is 0.158. The zero-order valence-corrected chi connectivity index (χ0v) is 7.09. The largest absolute Gasteiger partial charge is 0.488 e. The highest BCUT2D eigenvalue weighted by Gasteiger charge is 2.07. The Hall–Kier alpha value is -1.26. The maximum atomic E-state index is 12.1. The molecule has 0 aliphatic rings. The van der Waals surface area contributed by atoms with Gasteiger partial charge >= 0.3 is 0 Å². The fraction of sp³-hybridized carbons (Fsp3) is 0.333. The number of halogens is 4. The van der Waals surface area contributed by atoms with Crippen molar-refractivity contribution in [1.82, 2.24) is 0 Å². The number of alkyl halides is 4. The number of rotatable bonds is 4. The predicted octanol–water partition coefficient (Wildman–Crippen LogP) is 3.27. The van der Waals surface area contributed by atoms with Crippen molar-refractivity contribution in [2.24, 2.45) is 0 Å². The number of hydrogen-bond acceptors (Lipinski definition) is 1. The summed E-state index contributed by atoms with van der Waals surface area (Å²) in [5.41, 5.74) is -0.158. The first-order chi connectivity index (χ1) is 6.59. The average molecular weight is 208 g/mol. The third kappa shape index (κ3) is 3.24. The Bertz CT molecular complexity index is 271. The Morgan fingerprint density at radius 1 is 1.00 bits per heavy atom. The fourth-order valence-electron chi connectivity index (χ4n) is 0.869. The van der Waals surface area contributed by atoms with Gasteiger partial charge in [0.25, 0.3) is 12.9 Å². The fourth-order valence-corrected chi connectivity index (χ4v) is 0.869. The van der Waals surface area contributed by atoms with Crippen molar-refractivity contribution < 1.29 is 22.3 Å². The lowest BCUT2D eigenvalue weighted by Gasteiger charge is -2.05. The summed E-state index contributed by atoms with van der Waals surface area (Å²) in [7, 11) is 0. The van der Waals surface area contributed by atoms with Crippen molar-refractivity contribution >= 4 is 0 Å². The van der Waals surface area contributed by atoms with Crippen molar-refractivity contribution in [1.29, 1.82) is 0 Å². The van der Waals surface area contributed by atoms with Gasteiger partial charge in [0.05, 0.1) is 0 Å². The highest BCUT2D eigenvalue weighted by Crippen LogP contribution is 2.21. The molecule has 0 amide bonds. The summed E-state index contributed by atoms with van der Waals surface area (Å²) in [6, 6.07) is 4.77. The molecule has 1 aromatic rings. The molecule has 0 aliphatic carbocycles. The standard InChI is InChI=1S/C9H8F4O/c10-8(11)5-14-7-3-1-6(2-4-7)9(12)13/h1-4,8-9H,5H2. The molecular weight excluding hydrogens is 200 g/mol. The van der Waals surface area contributed by atoms with Crippen LogP contribution in [-0.4, -0.2) is 13.0 Å². The first-order valence-electron chi connectivity index (χ1n) is 3.88. The molecule has 0 fully saturated rings. The van der Waals surface area contributed by atoms with E-state index in [9.17, 15) is 17.6 Å². The zero-order chi connectivity index (χ0) is 10.6. The molecule has 0 radical (unpaired) electrons. The topological polar surface area (TPSA) is 9.23 Å². The molecule has 0 aromatic heterocycles. The van der Waals surface area contributed by atoms with E-state index in [1.54, 1.807) is 0 Å². The molecule has 0 bridgehead atoms. The second-order valence-electron chi connectivity index (χ2n) is 2.57. The van der Waals surface area contributed by atoms with Gasteiger partial charge in [-0.05, 0) is 24.3 Å². The van der Waals surface area contributed by atoms with Gasteiger partial charge in [0, 0.05) is 5.56 Å². The summed E-state index contributed by atoms with van der Waals surface area (Å²) in [6.45, 7) is -0.728. The van der Waals surface area contributed by atoms with E-state index >= 15 is 0 Å². The van der Waals surface area contributed by atoms with Crippen LogP contribution in [0.25, 0.3) is 0 Å². The van der Waals surface area contributed by atoms with Crippen LogP contribution in [0.1, 0.15) is 12.0 Å². The molecule has 0 atom stereocenters. The number of hydrogen-bond donors (Lipinski definition) is 0. The Kier molecular flexibility index (Phi) is 3.73. The van der Waals surface area contributed by atoms with Crippen molar-refractivity contribution in [3.63, 3.8) is 0 Å². The van der Waals surface area contributed by atoms with Crippen LogP contribution < -0.4 is 4.74 Å². The van der Waals surface area contributed by atoms with Crippen LogP contribution in [0, 0.1) is 0 Å². The van der Waals surface area contributed by atoms with Gasteiger partial charge in [-0.15, -0.1) is 0 Å². The first-order valence-corrected chi connectivity index (χ1v) is 3.88. The lowest BCUT2D eigenvalue weighted by molar-refractivity contribution is 0.0818. The van der Waals surface area contributed by atoms with E-state index in [0.29, 0.717) is 0 Å². The van der Waals surface area contributed by atoms with E-state index < -0.39 is 19.5 Å². The Morgan fingerprint density at radius 3 is 2.00 bits per heavy atom. The first kappa shape index (κ1) is 10.8. The molecule has 0 aliphatic heterocycles. The van der Waals surface area contributed by atoms with Crippen LogP contribution in [0.3, 0.4) is 0 Å². The minimum Gasteiger partial charge on any atom is -0.488 e.